The molecule has 9 heteroatoms. The second kappa shape index (κ2) is 10.8. The van der Waals surface area contributed by atoms with Gasteiger partial charge in [0.15, 0.2) is 0 Å². The summed E-state index contributed by atoms with van der Waals surface area (Å²) in [4.78, 5) is 37.5. The van der Waals surface area contributed by atoms with Gasteiger partial charge in [0.2, 0.25) is 5.91 Å². The summed E-state index contributed by atoms with van der Waals surface area (Å²) in [6.07, 6.45) is 7.75. The van der Waals surface area contributed by atoms with Gasteiger partial charge in [-0.3, -0.25) is 9.59 Å². The maximum Gasteiger partial charge on any atom is 0.255 e. The summed E-state index contributed by atoms with van der Waals surface area (Å²) >= 11 is 0. The molecule has 9 nitrogen and oxygen atoms in total. The summed E-state index contributed by atoms with van der Waals surface area (Å²) < 4.78 is 11.6. The molecule has 2 saturated carbocycles. The minimum Gasteiger partial charge on any atom is -0.497 e. The Morgan fingerprint density at radius 1 is 1.05 bits per heavy atom. The van der Waals surface area contributed by atoms with Gasteiger partial charge in [-0.25, -0.2) is 9.97 Å². The number of carbonyl (C=O) groups is 2. The fraction of sp³-hybridized carbons (Fsp3) is 0.500. The number of carbonyl (C=O) groups excluding carboxylic acids is 2. The number of fused-ring (bicyclic) bond motifs is 1. The number of amides is 2. The zero-order valence-corrected chi connectivity index (χ0v) is 21.7. The van der Waals surface area contributed by atoms with Gasteiger partial charge in [0, 0.05) is 29.8 Å². The molecule has 2 aliphatic carbocycles. The molecule has 3 N–H and O–H groups in total. The predicted molar refractivity (Wildman–Crippen MR) is 141 cm³/mol. The van der Waals surface area contributed by atoms with Gasteiger partial charge in [-0.05, 0) is 69.6 Å². The lowest BCUT2D eigenvalue weighted by Gasteiger charge is -2.29. The largest absolute Gasteiger partial charge is 0.497 e. The summed E-state index contributed by atoms with van der Waals surface area (Å²) in [6.45, 7) is 4.42. The van der Waals surface area contributed by atoms with Gasteiger partial charge in [-0.2, -0.15) is 0 Å². The summed E-state index contributed by atoms with van der Waals surface area (Å²) in [5.41, 5.74) is 4.02. The number of nitrogens with zero attached hydrogens (tertiary/aromatic N) is 2. The monoisotopic (exact) mass is 505 g/mol. The third-order valence-electron chi connectivity index (χ3n) is 7.36. The van der Waals surface area contributed by atoms with Crippen molar-refractivity contribution in [3.63, 3.8) is 0 Å². The highest BCUT2D eigenvalue weighted by Crippen LogP contribution is 2.38. The van der Waals surface area contributed by atoms with E-state index in [1.54, 1.807) is 7.11 Å². The van der Waals surface area contributed by atoms with Crippen LogP contribution in [0.25, 0.3) is 22.3 Å². The minimum atomic E-state index is -0.148. The highest BCUT2D eigenvalue weighted by atomic mass is 16.5. The Morgan fingerprint density at radius 3 is 2.46 bits per heavy atom. The SMILES string of the molecule is CCC(=O)NC1CCC(NC(=O)c2c(C)[nH]c3c(-c4cc(OC)ccc4OCC4CC4)ncnc23)CC1. The first kappa shape index (κ1) is 25.0. The van der Waals surface area contributed by atoms with Crippen LogP contribution in [0.1, 0.15) is 67.9 Å². The first-order chi connectivity index (χ1) is 18.0. The van der Waals surface area contributed by atoms with Crippen molar-refractivity contribution in [2.75, 3.05) is 13.7 Å². The Morgan fingerprint density at radius 2 is 1.78 bits per heavy atom. The van der Waals surface area contributed by atoms with E-state index in [0.29, 0.717) is 47.0 Å². The van der Waals surface area contributed by atoms with Crippen molar-refractivity contribution in [2.24, 2.45) is 5.92 Å². The number of hydrogen-bond acceptors (Lipinski definition) is 6. The summed E-state index contributed by atoms with van der Waals surface area (Å²) in [5.74, 6) is 1.98. The highest BCUT2D eigenvalue weighted by molar-refractivity contribution is 6.09. The van der Waals surface area contributed by atoms with E-state index in [0.717, 1.165) is 42.7 Å². The van der Waals surface area contributed by atoms with E-state index in [9.17, 15) is 9.59 Å². The third kappa shape index (κ3) is 5.55. The number of ether oxygens (including phenoxy) is 2. The number of rotatable bonds is 9. The van der Waals surface area contributed by atoms with Crippen LogP contribution in [0.2, 0.25) is 0 Å². The zero-order valence-electron chi connectivity index (χ0n) is 21.7. The van der Waals surface area contributed by atoms with E-state index in [2.05, 4.69) is 25.6 Å². The highest BCUT2D eigenvalue weighted by Gasteiger charge is 2.27. The summed E-state index contributed by atoms with van der Waals surface area (Å²) in [5, 5.41) is 6.26. The molecule has 1 aromatic carbocycles. The number of nitrogens with one attached hydrogen (secondary N) is 3. The van der Waals surface area contributed by atoms with Crippen LogP contribution in [0.5, 0.6) is 11.5 Å². The number of hydrogen-bond donors (Lipinski definition) is 3. The molecule has 0 aliphatic heterocycles. The molecule has 2 fully saturated rings. The Balaban J connectivity index is 1.38. The second-order valence-electron chi connectivity index (χ2n) is 10.1. The van der Waals surface area contributed by atoms with E-state index in [4.69, 9.17) is 9.47 Å². The van der Waals surface area contributed by atoms with Crippen molar-refractivity contribution >= 4 is 22.8 Å². The van der Waals surface area contributed by atoms with Crippen LogP contribution in [-0.2, 0) is 4.79 Å². The van der Waals surface area contributed by atoms with Gasteiger partial charge in [-0.1, -0.05) is 6.92 Å². The number of aryl methyl sites for hydroxylation is 1. The molecule has 37 heavy (non-hydrogen) atoms. The van der Waals surface area contributed by atoms with Crippen LogP contribution in [0.4, 0.5) is 0 Å². The normalized spacial score (nSPS) is 19.4. The quantitative estimate of drug-likeness (QED) is 0.399. The Bertz CT molecular complexity index is 1290. The minimum absolute atomic E-state index is 0.0637. The standard InChI is InChI=1S/C28H35N5O4/c1-4-23(34)32-18-7-9-19(10-8-18)33-28(35)24-16(2)31-27-25(29-15-30-26(24)27)21-13-20(36-3)11-12-22(21)37-14-17-5-6-17/h11-13,15,17-19,31H,4-10,14H2,1-3H3,(H,32,34)(H,33,35). The van der Waals surface area contributed by atoms with Gasteiger partial charge < -0.3 is 25.1 Å². The Kier molecular flexibility index (Phi) is 7.30. The van der Waals surface area contributed by atoms with Gasteiger partial charge >= 0.3 is 0 Å². The summed E-state index contributed by atoms with van der Waals surface area (Å²) in [7, 11) is 1.63. The van der Waals surface area contributed by atoms with Crippen LogP contribution in [-0.4, -0.2) is 52.6 Å². The molecule has 0 radical (unpaired) electrons. The number of H-pyrrole nitrogens is 1. The average molecular weight is 506 g/mol. The molecular formula is C28H35N5O4. The van der Waals surface area contributed by atoms with E-state index in [1.807, 2.05) is 32.0 Å². The fourth-order valence-electron chi connectivity index (χ4n) is 5.01. The van der Waals surface area contributed by atoms with Gasteiger partial charge in [0.25, 0.3) is 5.91 Å². The van der Waals surface area contributed by atoms with Crippen molar-refractivity contribution < 1.29 is 19.1 Å². The van der Waals surface area contributed by atoms with Crippen molar-refractivity contribution in [2.45, 2.75) is 70.9 Å². The van der Waals surface area contributed by atoms with Gasteiger partial charge in [0.1, 0.15) is 29.0 Å². The molecule has 0 bridgehead atoms. The van der Waals surface area contributed by atoms with Crippen molar-refractivity contribution in [3.8, 4) is 22.8 Å². The molecule has 3 aromatic rings. The van der Waals surface area contributed by atoms with Crippen LogP contribution in [0, 0.1) is 12.8 Å². The third-order valence-corrected chi connectivity index (χ3v) is 7.36. The van der Waals surface area contributed by atoms with Crippen molar-refractivity contribution in [3.05, 3.63) is 35.8 Å². The summed E-state index contributed by atoms with van der Waals surface area (Å²) in [6, 6.07) is 5.95. The Hall–Kier alpha value is -3.62. The molecule has 0 spiro atoms. The lowest BCUT2D eigenvalue weighted by Crippen LogP contribution is -2.43. The number of aromatic nitrogens is 3. The lowest BCUT2D eigenvalue weighted by molar-refractivity contribution is -0.121. The van der Waals surface area contributed by atoms with Crippen LogP contribution in [0.3, 0.4) is 0 Å². The van der Waals surface area contributed by atoms with Crippen LogP contribution >= 0.6 is 0 Å². The molecule has 2 aromatic heterocycles. The maximum atomic E-state index is 13.4. The van der Waals surface area contributed by atoms with Crippen molar-refractivity contribution in [1.29, 1.82) is 0 Å². The molecule has 0 unspecified atom stereocenters. The maximum absolute atomic E-state index is 13.4. The number of methoxy groups -OCH3 is 1. The van der Waals surface area contributed by atoms with Crippen LogP contribution in [0.15, 0.2) is 24.5 Å². The van der Waals surface area contributed by atoms with Crippen molar-refractivity contribution in [1.82, 2.24) is 25.6 Å². The first-order valence-electron chi connectivity index (χ1n) is 13.2. The molecule has 196 valence electrons. The second-order valence-corrected chi connectivity index (χ2v) is 10.1. The Labute approximate surface area is 216 Å². The number of aromatic amines is 1. The fourth-order valence-corrected chi connectivity index (χ4v) is 5.01. The van der Waals surface area contributed by atoms with E-state index < -0.39 is 0 Å². The molecule has 2 aliphatic rings. The van der Waals surface area contributed by atoms with Gasteiger partial charge in [0.05, 0.1) is 24.8 Å². The average Bonchev–Trinajstić information content (AvgIpc) is 3.67. The zero-order chi connectivity index (χ0) is 25.9. The van der Waals surface area contributed by atoms with E-state index in [-0.39, 0.29) is 23.9 Å². The predicted octanol–water partition coefficient (Wildman–Crippen LogP) is 4.30. The molecule has 0 atom stereocenters. The van der Waals surface area contributed by atoms with Crippen LogP contribution < -0.4 is 20.1 Å². The van der Waals surface area contributed by atoms with E-state index >= 15 is 0 Å². The molecule has 2 amide bonds. The molecular weight excluding hydrogens is 470 g/mol. The smallest absolute Gasteiger partial charge is 0.255 e. The topological polar surface area (TPSA) is 118 Å². The lowest BCUT2D eigenvalue weighted by atomic mass is 9.91. The van der Waals surface area contributed by atoms with E-state index in [1.165, 1.54) is 19.2 Å². The molecule has 0 saturated heterocycles. The number of benzene rings is 1. The molecule has 2 heterocycles. The first-order valence-corrected chi connectivity index (χ1v) is 13.2. The molecule has 5 rings (SSSR count). The van der Waals surface area contributed by atoms with Gasteiger partial charge in [-0.15, -0.1) is 0 Å².